The summed E-state index contributed by atoms with van der Waals surface area (Å²) >= 11 is 0. The number of rotatable bonds is 3. The number of amides is 1. The largest absolute Gasteiger partial charge is 0.394 e. The lowest BCUT2D eigenvalue weighted by Crippen LogP contribution is -2.53. The standard InChI is InChI=1S/C17H24N2O2/c20-13-15-7-4-12-19(15)16(21)17(8-10-18-11-9-17)14-5-2-1-3-6-14/h1-3,5-6,15,18,20H,4,7-13H2/t15-/m1/s1. The van der Waals surface area contributed by atoms with Crippen molar-refractivity contribution in [3.63, 3.8) is 0 Å². The zero-order chi connectivity index (χ0) is 14.7. The highest BCUT2D eigenvalue weighted by Crippen LogP contribution is 2.37. The Morgan fingerprint density at radius 1 is 1.29 bits per heavy atom. The van der Waals surface area contributed by atoms with Crippen molar-refractivity contribution in [3.05, 3.63) is 35.9 Å². The number of aliphatic hydroxyl groups excluding tert-OH is 1. The average molecular weight is 288 g/mol. The Labute approximate surface area is 126 Å². The van der Waals surface area contributed by atoms with Crippen LogP contribution in [0.2, 0.25) is 0 Å². The second-order valence-electron chi connectivity index (χ2n) is 6.18. The molecule has 2 fully saturated rings. The zero-order valence-electron chi connectivity index (χ0n) is 12.4. The van der Waals surface area contributed by atoms with Crippen molar-refractivity contribution in [1.29, 1.82) is 0 Å². The van der Waals surface area contributed by atoms with E-state index in [1.807, 2.05) is 23.1 Å². The van der Waals surface area contributed by atoms with Crippen LogP contribution in [-0.4, -0.2) is 48.2 Å². The van der Waals surface area contributed by atoms with Gasteiger partial charge < -0.3 is 15.3 Å². The third-order valence-corrected chi connectivity index (χ3v) is 5.04. The summed E-state index contributed by atoms with van der Waals surface area (Å²) in [4.78, 5) is 15.2. The lowest BCUT2D eigenvalue weighted by Gasteiger charge is -2.41. The van der Waals surface area contributed by atoms with Crippen LogP contribution < -0.4 is 5.32 Å². The number of likely N-dealkylation sites (tertiary alicyclic amines) is 1. The van der Waals surface area contributed by atoms with E-state index in [4.69, 9.17) is 0 Å². The maximum atomic E-state index is 13.3. The molecule has 4 nitrogen and oxygen atoms in total. The van der Waals surface area contributed by atoms with Crippen LogP contribution >= 0.6 is 0 Å². The van der Waals surface area contributed by atoms with Crippen molar-refractivity contribution in [2.75, 3.05) is 26.2 Å². The van der Waals surface area contributed by atoms with Crippen LogP contribution in [0.4, 0.5) is 0 Å². The number of piperidine rings is 1. The van der Waals surface area contributed by atoms with Gasteiger partial charge in [0, 0.05) is 6.54 Å². The molecule has 0 saturated carbocycles. The van der Waals surface area contributed by atoms with Crippen molar-refractivity contribution in [3.8, 4) is 0 Å². The van der Waals surface area contributed by atoms with Crippen LogP contribution in [0.5, 0.6) is 0 Å². The van der Waals surface area contributed by atoms with Crippen molar-refractivity contribution in [1.82, 2.24) is 10.2 Å². The molecule has 2 heterocycles. The molecule has 0 spiro atoms. The highest BCUT2D eigenvalue weighted by molar-refractivity contribution is 5.89. The molecule has 1 aromatic rings. The molecule has 2 N–H and O–H groups in total. The summed E-state index contributed by atoms with van der Waals surface area (Å²) in [5.41, 5.74) is 0.713. The fraction of sp³-hybridized carbons (Fsp3) is 0.588. The predicted octanol–water partition coefficient (Wildman–Crippen LogP) is 1.29. The third kappa shape index (κ3) is 2.58. The van der Waals surface area contributed by atoms with Crippen LogP contribution in [0.1, 0.15) is 31.2 Å². The molecule has 0 aliphatic carbocycles. The Morgan fingerprint density at radius 2 is 2.00 bits per heavy atom. The number of carbonyl (C=O) groups excluding carboxylic acids is 1. The molecule has 2 aliphatic rings. The number of benzene rings is 1. The minimum Gasteiger partial charge on any atom is -0.394 e. The van der Waals surface area contributed by atoms with Gasteiger partial charge >= 0.3 is 0 Å². The topological polar surface area (TPSA) is 52.6 Å². The zero-order valence-corrected chi connectivity index (χ0v) is 12.4. The van der Waals surface area contributed by atoms with Crippen LogP contribution in [0.3, 0.4) is 0 Å². The third-order valence-electron chi connectivity index (χ3n) is 5.04. The first-order valence-electron chi connectivity index (χ1n) is 7.96. The van der Waals surface area contributed by atoms with Gasteiger partial charge in [-0.15, -0.1) is 0 Å². The van der Waals surface area contributed by atoms with Crippen LogP contribution in [-0.2, 0) is 10.2 Å². The number of hydrogen-bond donors (Lipinski definition) is 2. The lowest BCUT2D eigenvalue weighted by atomic mass is 9.72. The van der Waals surface area contributed by atoms with Crippen molar-refractivity contribution >= 4 is 5.91 Å². The molecular weight excluding hydrogens is 264 g/mol. The van der Waals surface area contributed by atoms with Gasteiger partial charge in [0.05, 0.1) is 18.1 Å². The monoisotopic (exact) mass is 288 g/mol. The van der Waals surface area contributed by atoms with Gasteiger partial charge in [-0.3, -0.25) is 4.79 Å². The van der Waals surface area contributed by atoms with E-state index in [9.17, 15) is 9.90 Å². The van der Waals surface area contributed by atoms with E-state index in [0.29, 0.717) is 0 Å². The first kappa shape index (κ1) is 14.5. The van der Waals surface area contributed by atoms with Gasteiger partial charge in [0.25, 0.3) is 0 Å². The van der Waals surface area contributed by atoms with E-state index in [0.717, 1.165) is 50.9 Å². The minimum atomic E-state index is -0.412. The SMILES string of the molecule is O=C(N1CCC[C@@H]1CO)C1(c2ccccc2)CCNCC1. The molecule has 114 valence electrons. The molecule has 0 aromatic heterocycles. The number of nitrogens with zero attached hydrogens (tertiary/aromatic N) is 1. The molecule has 0 unspecified atom stereocenters. The Bertz CT molecular complexity index is 483. The first-order valence-corrected chi connectivity index (χ1v) is 7.96. The fourth-order valence-electron chi connectivity index (χ4n) is 3.80. The Morgan fingerprint density at radius 3 is 2.67 bits per heavy atom. The van der Waals surface area contributed by atoms with Gasteiger partial charge in [0.2, 0.25) is 5.91 Å². The number of hydrogen-bond acceptors (Lipinski definition) is 3. The molecule has 0 bridgehead atoms. The smallest absolute Gasteiger partial charge is 0.233 e. The van der Waals surface area contributed by atoms with E-state index in [1.165, 1.54) is 0 Å². The summed E-state index contributed by atoms with van der Waals surface area (Å²) in [6.07, 6.45) is 3.60. The van der Waals surface area contributed by atoms with E-state index >= 15 is 0 Å². The Balaban J connectivity index is 1.94. The summed E-state index contributed by atoms with van der Waals surface area (Å²) < 4.78 is 0. The maximum absolute atomic E-state index is 13.3. The van der Waals surface area contributed by atoms with E-state index in [-0.39, 0.29) is 18.6 Å². The molecule has 1 aromatic carbocycles. The summed E-state index contributed by atoms with van der Waals surface area (Å²) in [5.74, 6) is 0.215. The molecule has 2 saturated heterocycles. The highest BCUT2D eigenvalue weighted by Gasteiger charge is 2.45. The normalized spacial score (nSPS) is 25.0. The predicted molar refractivity (Wildman–Crippen MR) is 82.0 cm³/mol. The molecular formula is C17H24N2O2. The van der Waals surface area contributed by atoms with Gasteiger partial charge in [-0.05, 0) is 44.3 Å². The molecule has 4 heteroatoms. The second-order valence-corrected chi connectivity index (χ2v) is 6.18. The molecule has 21 heavy (non-hydrogen) atoms. The second kappa shape index (κ2) is 6.16. The minimum absolute atomic E-state index is 0.00738. The van der Waals surface area contributed by atoms with Gasteiger partial charge in [0.15, 0.2) is 0 Å². The summed E-state index contributed by atoms with van der Waals surface area (Å²) in [5, 5.41) is 12.9. The Kier molecular flexibility index (Phi) is 4.27. The highest BCUT2D eigenvalue weighted by atomic mass is 16.3. The summed E-state index contributed by atoms with van der Waals surface area (Å²) in [7, 11) is 0. The van der Waals surface area contributed by atoms with Crippen molar-refractivity contribution in [2.24, 2.45) is 0 Å². The average Bonchev–Trinajstić information content (AvgIpc) is 3.04. The molecule has 1 amide bonds. The quantitative estimate of drug-likeness (QED) is 0.881. The molecule has 2 aliphatic heterocycles. The van der Waals surface area contributed by atoms with E-state index in [2.05, 4.69) is 17.4 Å². The molecule has 3 rings (SSSR count). The lowest BCUT2D eigenvalue weighted by molar-refractivity contribution is -0.140. The summed E-state index contributed by atoms with van der Waals surface area (Å²) in [6, 6.07) is 10.2. The van der Waals surface area contributed by atoms with Crippen LogP contribution in [0.25, 0.3) is 0 Å². The van der Waals surface area contributed by atoms with Gasteiger partial charge in [-0.2, -0.15) is 0 Å². The maximum Gasteiger partial charge on any atom is 0.233 e. The molecule has 0 radical (unpaired) electrons. The van der Waals surface area contributed by atoms with Gasteiger partial charge in [-0.1, -0.05) is 30.3 Å². The Hall–Kier alpha value is -1.39. The number of carbonyl (C=O) groups is 1. The molecule has 1 atom stereocenters. The van der Waals surface area contributed by atoms with Crippen LogP contribution in [0.15, 0.2) is 30.3 Å². The first-order chi connectivity index (χ1) is 10.3. The van der Waals surface area contributed by atoms with E-state index < -0.39 is 5.41 Å². The summed E-state index contributed by atoms with van der Waals surface area (Å²) in [6.45, 7) is 2.61. The number of nitrogens with one attached hydrogen (secondary N) is 1. The van der Waals surface area contributed by atoms with Crippen LogP contribution in [0, 0.1) is 0 Å². The number of aliphatic hydroxyl groups is 1. The van der Waals surface area contributed by atoms with Crippen molar-refractivity contribution < 1.29 is 9.90 Å². The van der Waals surface area contributed by atoms with Crippen molar-refractivity contribution in [2.45, 2.75) is 37.1 Å². The van der Waals surface area contributed by atoms with Gasteiger partial charge in [-0.25, -0.2) is 0 Å². The van der Waals surface area contributed by atoms with Gasteiger partial charge in [0.1, 0.15) is 0 Å². The fourth-order valence-corrected chi connectivity index (χ4v) is 3.80. The van der Waals surface area contributed by atoms with E-state index in [1.54, 1.807) is 0 Å².